The zero-order valence-electron chi connectivity index (χ0n) is 19.0. The first-order valence-corrected chi connectivity index (χ1v) is 12.1. The topological polar surface area (TPSA) is 79.7 Å². The fraction of sp³-hybridized carbons (Fsp3) is 0.0690. The zero-order chi connectivity index (χ0) is 25.1. The predicted molar refractivity (Wildman–Crippen MR) is 140 cm³/mol. The number of pyridine rings is 1. The first-order chi connectivity index (χ1) is 17.5. The van der Waals surface area contributed by atoms with Gasteiger partial charge in [-0.2, -0.15) is 0 Å². The number of hydrogen-bond donors (Lipinski definition) is 1. The van der Waals surface area contributed by atoms with Crippen LogP contribution in [0, 0.1) is 0 Å². The molecule has 1 amide bonds. The quantitative estimate of drug-likeness (QED) is 0.183. The van der Waals surface area contributed by atoms with Crippen LogP contribution >= 0.6 is 15.9 Å². The Morgan fingerprint density at radius 1 is 0.889 bits per heavy atom. The Morgan fingerprint density at radius 3 is 2.25 bits per heavy atom. The van der Waals surface area contributed by atoms with Gasteiger partial charge in [-0.1, -0.05) is 64.5 Å². The average molecular weight is 541 g/mol. The molecule has 1 atom stereocenters. The highest BCUT2D eigenvalue weighted by Gasteiger charge is 2.47. The Morgan fingerprint density at radius 2 is 1.58 bits per heavy atom. The molecule has 1 saturated heterocycles. The van der Waals surface area contributed by atoms with Crippen molar-refractivity contribution >= 4 is 39.1 Å². The molecule has 5 rings (SSSR count). The minimum absolute atomic E-state index is 0.00886. The van der Waals surface area contributed by atoms with Gasteiger partial charge in [0.05, 0.1) is 11.3 Å². The third kappa shape index (κ3) is 4.65. The maximum absolute atomic E-state index is 13.3. The van der Waals surface area contributed by atoms with Crippen molar-refractivity contribution < 1.29 is 19.4 Å². The summed E-state index contributed by atoms with van der Waals surface area (Å²) >= 11 is 3.37. The number of aromatic nitrogens is 1. The number of aliphatic hydroxyl groups excluding tert-OH is 1. The number of aliphatic hydroxyl groups is 1. The summed E-state index contributed by atoms with van der Waals surface area (Å²) in [5.74, 6) is -1.12. The summed E-state index contributed by atoms with van der Waals surface area (Å²) in [5.41, 5.74) is 2.43. The van der Waals surface area contributed by atoms with Crippen LogP contribution in [0.3, 0.4) is 0 Å². The van der Waals surface area contributed by atoms with Gasteiger partial charge in [0.15, 0.2) is 0 Å². The van der Waals surface area contributed by atoms with Crippen molar-refractivity contribution in [1.29, 1.82) is 0 Å². The minimum atomic E-state index is -0.883. The van der Waals surface area contributed by atoms with Crippen LogP contribution in [0.25, 0.3) is 5.76 Å². The number of ketones is 1. The van der Waals surface area contributed by atoms with E-state index in [1.165, 1.54) is 4.90 Å². The highest BCUT2D eigenvalue weighted by molar-refractivity contribution is 9.10. The van der Waals surface area contributed by atoms with Gasteiger partial charge in [0.2, 0.25) is 0 Å². The molecule has 178 valence electrons. The Kier molecular flexibility index (Phi) is 6.64. The molecule has 0 aliphatic carbocycles. The van der Waals surface area contributed by atoms with Gasteiger partial charge in [0.25, 0.3) is 11.7 Å². The first kappa shape index (κ1) is 23.5. The van der Waals surface area contributed by atoms with E-state index in [0.29, 0.717) is 29.3 Å². The van der Waals surface area contributed by atoms with Crippen LogP contribution in [0.5, 0.6) is 5.75 Å². The van der Waals surface area contributed by atoms with E-state index in [1.54, 1.807) is 72.9 Å². The highest BCUT2D eigenvalue weighted by atomic mass is 79.9. The second-order valence-corrected chi connectivity index (χ2v) is 9.11. The highest BCUT2D eigenvalue weighted by Crippen LogP contribution is 2.41. The van der Waals surface area contributed by atoms with Gasteiger partial charge in [-0.15, -0.1) is 0 Å². The zero-order valence-corrected chi connectivity index (χ0v) is 20.6. The third-order valence-corrected chi connectivity index (χ3v) is 6.42. The second-order valence-electron chi connectivity index (χ2n) is 8.20. The Bertz CT molecular complexity index is 1420. The molecule has 7 heteroatoms. The summed E-state index contributed by atoms with van der Waals surface area (Å²) in [4.78, 5) is 32.2. The van der Waals surface area contributed by atoms with Crippen molar-refractivity contribution in [1.82, 2.24) is 4.98 Å². The third-order valence-electron chi connectivity index (χ3n) is 5.89. The van der Waals surface area contributed by atoms with Crippen LogP contribution in [0.15, 0.2) is 113 Å². The maximum atomic E-state index is 13.3. The smallest absolute Gasteiger partial charge is 0.300 e. The van der Waals surface area contributed by atoms with Crippen LogP contribution in [0.2, 0.25) is 0 Å². The van der Waals surface area contributed by atoms with Gasteiger partial charge < -0.3 is 9.84 Å². The molecule has 1 aliphatic heterocycles. The van der Waals surface area contributed by atoms with Crippen molar-refractivity contribution in [3.05, 3.63) is 130 Å². The molecule has 1 aliphatic rings. The molecule has 3 aromatic carbocycles. The Labute approximate surface area is 216 Å². The van der Waals surface area contributed by atoms with Gasteiger partial charge >= 0.3 is 0 Å². The lowest BCUT2D eigenvalue weighted by Crippen LogP contribution is -2.29. The van der Waals surface area contributed by atoms with Crippen LogP contribution in [0.1, 0.15) is 22.9 Å². The number of hydrogen-bond acceptors (Lipinski definition) is 5. The van der Waals surface area contributed by atoms with Crippen molar-refractivity contribution in [2.24, 2.45) is 0 Å². The number of nitrogens with zero attached hydrogens (tertiary/aromatic N) is 2. The standard InChI is InChI=1S/C29H21BrN2O4/c30-21-11-9-20(10-12-21)27(33)25-26(24-8-4-5-17-31-24)32(29(35)28(25)34)22-13-15-23(16-14-22)36-18-19-6-2-1-3-7-19/h1-17,26,33H,18H2/b27-25-. The normalized spacial score (nSPS) is 16.8. The van der Waals surface area contributed by atoms with Crippen molar-refractivity contribution in [2.45, 2.75) is 12.6 Å². The molecule has 1 aromatic heterocycles. The number of ether oxygens (including phenoxy) is 1. The fourth-order valence-electron chi connectivity index (χ4n) is 4.12. The Hall–Kier alpha value is -4.23. The van der Waals surface area contributed by atoms with E-state index in [-0.39, 0.29) is 11.3 Å². The van der Waals surface area contributed by atoms with E-state index in [4.69, 9.17) is 4.74 Å². The number of carbonyl (C=O) groups excluding carboxylic acids is 2. The first-order valence-electron chi connectivity index (χ1n) is 11.3. The molecule has 6 nitrogen and oxygen atoms in total. The fourth-order valence-corrected chi connectivity index (χ4v) is 4.39. The number of carbonyl (C=O) groups is 2. The van der Waals surface area contributed by atoms with Gasteiger partial charge in [0, 0.05) is 21.9 Å². The molecule has 4 aromatic rings. The molecule has 1 N–H and O–H groups in total. The minimum Gasteiger partial charge on any atom is -0.507 e. The molecule has 1 fully saturated rings. The van der Waals surface area contributed by atoms with E-state index in [9.17, 15) is 14.7 Å². The monoisotopic (exact) mass is 540 g/mol. The molecule has 36 heavy (non-hydrogen) atoms. The van der Waals surface area contributed by atoms with E-state index in [1.807, 2.05) is 30.3 Å². The van der Waals surface area contributed by atoms with Crippen LogP contribution in [0.4, 0.5) is 5.69 Å². The number of rotatable bonds is 6. The van der Waals surface area contributed by atoms with Crippen LogP contribution < -0.4 is 9.64 Å². The maximum Gasteiger partial charge on any atom is 0.300 e. The lowest BCUT2D eigenvalue weighted by molar-refractivity contribution is -0.132. The molecule has 0 spiro atoms. The largest absolute Gasteiger partial charge is 0.507 e. The van der Waals surface area contributed by atoms with Gasteiger partial charge in [-0.25, -0.2) is 0 Å². The number of benzene rings is 3. The molecule has 2 heterocycles. The van der Waals surface area contributed by atoms with Crippen LogP contribution in [-0.2, 0) is 16.2 Å². The predicted octanol–water partition coefficient (Wildman–Crippen LogP) is 6.05. The SMILES string of the molecule is O=C1C(=O)N(c2ccc(OCc3ccccc3)cc2)C(c2ccccn2)/C1=C(/O)c1ccc(Br)cc1. The number of anilines is 1. The lowest BCUT2D eigenvalue weighted by atomic mass is 9.98. The molecular formula is C29H21BrN2O4. The van der Waals surface area contributed by atoms with Gasteiger partial charge in [-0.3, -0.25) is 19.5 Å². The lowest BCUT2D eigenvalue weighted by Gasteiger charge is -2.24. The summed E-state index contributed by atoms with van der Waals surface area (Å²) in [6.07, 6.45) is 1.59. The molecule has 0 radical (unpaired) electrons. The van der Waals surface area contributed by atoms with Crippen LogP contribution in [-0.4, -0.2) is 21.8 Å². The average Bonchev–Trinajstić information content (AvgIpc) is 3.19. The van der Waals surface area contributed by atoms with Crippen molar-refractivity contribution in [3.63, 3.8) is 0 Å². The van der Waals surface area contributed by atoms with Crippen molar-refractivity contribution in [3.8, 4) is 5.75 Å². The molecular weight excluding hydrogens is 520 g/mol. The second kappa shape index (κ2) is 10.2. The number of halogens is 1. The Balaban J connectivity index is 1.51. The van der Waals surface area contributed by atoms with E-state index >= 15 is 0 Å². The summed E-state index contributed by atoms with van der Waals surface area (Å²) in [6.45, 7) is 0.409. The summed E-state index contributed by atoms with van der Waals surface area (Å²) in [5, 5.41) is 11.1. The number of Topliss-reactive ketones (excluding diaryl/α,β-unsaturated/α-hetero) is 1. The van der Waals surface area contributed by atoms with E-state index < -0.39 is 17.7 Å². The number of amides is 1. The molecule has 0 bridgehead atoms. The molecule has 1 unspecified atom stereocenters. The summed E-state index contributed by atoms with van der Waals surface area (Å²) in [6, 6.07) is 28.0. The van der Waals surface area contributed by atoms with E-state index in [2.05, 4.69) is 20.9 Å². The van der Waals surface area contributed by atoms with Crippen molar-refractivity contribution in [2.75, 3.05) is 4.90 Å². The van der Waals surface area contributed by atoms with E-state index in [0.717, 1.165) is 10.0 Å². The molecule has 0 saturated carbocycles. The summed E-state index contributed by atoms with van der Waals surface area (Å²) < 4.78 is 6.69. The van der Waals surface area contributed by atoms with Gasteiger partial charge in [0.1, 0.15) is 24.2 Å². The van der Waals surface area contributed by atoms with Gasteiger partial charge in [-0.05, 0) is 54.1 Å². The summed E-state index contributed by atoms with van der Waals surface area (Å²) in [7, 11) is 0.